The number of hydrogen-bond acceptors (Lipinski definition) is 5. The Balaban J connectivity index is 3.42. The first kappa shape index (κ1) is 13.9. The van der Waals surface area contributed by atoms with Gasteiger partial charge in [0.2, 0.25) is 0 Å². The van der Waals surface area contributed by atoms with Crippen LogP contribution in [0.25, 0.3) is 0 Å². The van der Waals surface area contributed by atoms with Gasteiger partial charge in [0, 0.05) is 6.42 Å². The molecule has 0 aliphatic carbocycles. The van der Waals surface area contributed by atoms with Crippen LogP contribution in [0.1, 0.15) is 32.1 Å². The van der Waals surface area contributed by atoms with Crippen molar-refractivity contribution in [3.8, 4) is 0 Å². The van der Waals surface area contributed by atoms with E-state index in [-0.39, 0.29) is 12.4 Å². The highest BCUT2D eigenvalue weighted by Gasteiger charge is 2.10. The van der Waals surface area contributed by atoms with Crippen LogP contribution in [0.4, 0.5) is 0 Å². The summed E-state index contributed by atoms with van der Waals surface area (Å²) >= 11 is 0. The molecule has 1 N–H and O–H groups in total. The first-order chi connectivity index (χ1) is 7.10. The van der Waals surface area contributed by atoms with Crippen LogP contribution in [-0.4, -0.2) is 37.4 Å². The van der Waals surface area contributed by atoms with Gasteiger partial charge in [-0.15, -0.1) is 0 Å². The maximum Gasteiger partial charge on any atom is 0.308 e. The monoisotopic (exact) mass is 218 g/mol. The average Bonchev–Trinajstić information content (AvgIpc) is 2.23. The number of aliphatic hydroxyl groups is 1. The van der Waals surface area contributed by atoms with E-state index in [1.807, 2.05) is 0 Å². The van der Waals surface area contributed by atoms with Crippen LogP contribution in [0.15, 0.2) is 0 Å². The van der Waals surface area contributed by atoms with Crippen molar-refractivity contribution in [2.75, 3.05) is 14.2 Å². The minimum absolute atomic E-state index is 0.00865. The molecular formula is C10H18O5. The van der Waals surface area contributed by atoms with E-state index in [9.17, 15) is 14.7 Å². The fourth-order valence-electron chi connectivity index (χ4n) is 1.13. The molecular weight excluding hydrogens is 200 g/mol. The molecule has 0 amide bonds. The SMILES string of the molecule is COC(=O)CCCC[C@@H](O)CC(=O)OC. The van der Waals surface area contributed by atoms with Crippen molar-refractivity contribution in [2.45, 2.75) is 38.2 Å². The van der Waals surface area contributed by atoms with Gasteiger partial charge in [0.1, 0.15) is 0 Å². The molecule has 0 radical (unpaired) electrons. The molecule has 0 aromatic carbocycles. The minimum atomic E-state index is -0.685. The third kappa shape index (κ3) is 7.93. The molecule has 5 nitrogen and oxygen atoms in total. The van der Waals surface area contributed by atoms with Gasteiger partial charge in [0.05, 0.1) is 26.7 Å². The molecule has 1 atom stereocenters. The molecule has 0 fully saturated rings. The minimum Gasteiger partial charge on any atom is -0.469 e. The summed E-state index contributed by atoms with van der Waals surface area (Å²) in [5.41, 5.74) is 0. The summed E-state index contributed by atoms with van der Waals surface area (Å²) in [5, 5.41) is 9.36. The Morgan fingerprint density at radius 2 is 1.73 bits per heavy atom. The van der Waals surface area contributed by atoms with Crippen LogP contribution >= 0.6 is 0 Å². The summed E-state index contributed by atoms with van der Waals surface area (Å²) in [4.78, 5) is 21.5. The number of ether oxygens (including phenoxy) is 2. The van der Waals surface area contributed by atoms with E-state index in [2.05, 4.69) is 9.47 Å². The Labute approximate surface area is 89.4 Å². The number of aliphatic hydroxyl groups excluding tert-OH is 1. The standard InChI is InChI=1S/C10H18O5/c1-14-9(12)6-4-3-5-8(11)7-10(13)15-2/h8,11H,3-7H2,1-2H3/t8-/m1/s1. The molecule has 88 valence electrons. The summed E-state index contributed by atoms with van der Waals surface area (Å²) in [6.07, 6.45) is 1.51. The largest absolute Gasteiger partial charge is 0.469 e. The van der Waals surface area contributed by atoms with Gasteiger partial charge in [0.15, 0.2) is 0 Å². The van der Waals surface area contributed by atoms with E-state index in [0.29, 0.717) is 25.7 Å². The second kappa shape index (κ2) is 8.23. The van der Waals surface area contributed by atoms with E-state index in [4.69, 9.17) is 0 Å². The molecule has 0 aromatic heterocycles. The first-order valence-electron chi connectivity index (χ1n) is 4.91. The fourth-order valence-corrected chi connectivity index (χ4v) is 1.13. The zero-order chi connectivity index (χ0) is 11.7. The summed E-state index contributed by atoms with van der Waals surface area (Å²) in [5.74, 6) is -0.673. The van der Waals surface area contributed by atoms with Crippen LogP contribution in [0.5, 0.6) is 0 Å². The highest BCUT2D eigenvalue weighted by atomic mass is 16.5. The molecule has 0 saturated heterocycles. The van der Waals surface area contributed by atoms with Crippen LogP contribution < -0.4 is 0 Å². The van der Waals surface area contributed by atoms with Gasteiger partial charge in [-0.3, -0.25) is 9.59 Å². The third-order valence-electron chi connectivity index (χ3n) is 2.03. The summed E-state index contributed by atoms with van der Waals surface area (Å²) in [6, 6.07) is 0. The fraction of sp³-hybridized carbons (Fsp3) is 0.800. The molecule has 5 heteroatoms. The highest BCUT2D eigenvalue weighted by Crippen LogP contribution is 2.07. The lowest BCUT2D eigenvalue weighted by Gasteiger charge is -2.08. The average molecular weight is 218 g/mol. The lowest BCUT2D eigenvalue weighted by molar-refractivity contribution is -0.143. The van der Waals surface area contributed by atoms with Crippen molar-refractivity contribution in [3.63, 3.8) is 0 Å². The number of methoxy groups -OCH3 is 2. The summed E-state index contributed by atoms with van der Waals surface area (Å²) < 4.78 is 8.87. The summed E-state index contributed by atoms with van der Waals surface area (Å²) in [7, 11) is 2.63. The van der Waals surface area contributed by atoms with Gasteiger partial charge in [0.25, 0.3) is 0 Å². The van der Waals surface area contributed by atoms with Crippen molar-refractivity contribution in [1.29, 1.82) is 0 Å². The maximum absolute atomic E-state index is 10.8. The first-order valence-corrected chi connectivity index (χ1v) is 4.91. The third-order valence-corrected chi connectivity index (χ3v) is 2.03. The van der Waals surface area contributed by atoms with E-state index >= 15 is 0 Å². The Bertz CT molecular complexity index is 202. The van der Waals surface area contributed by atoms with Gasteiger partial charge in [-0.25, -0.2) is 0 Å². The molecule has 0 bridgehead atoms. The van der Waals surface area contributed by atoms with E-state index in [1.165, 1.54) is 14.2 Å². The second-order valence-corrected chi connectivity index (χ2v) is 3.26. The number of carbonyl (C=O) groups is 2. The van der Waals surface area contributed by atoms with Crippen molar-refractivity contribution in [3.05, 3.63) is 0 Å². The zero-order valence-electron chi connectivity index (χ0n) is 9.19. The van der Waals surface area contributed by atoms with E-state index < -0.39 is 12.1 Å². The van der Waals surface area contributed by atoms with Crippen molar-refractivity contribution in [2.24, 2.45) is 0 Å². The van der Waals surface area contributed by atoms with Crippen LogP contribution in [0, 0.1) is 0 Å². The smallest absolute Gasteiger partial charge is 0.308 e. The topological polar surface area (TPSA) is 72.8 Å². The Hall–Kier alpha value is -1.10. The molecule has 0 unspecified atom stereocenters. The van der Waals surface area contributed by atoms with Crippen molar-refractivity contribution in [1.82, 2.24) is 0 Å². The maximum atomic E-state index is 10.8. The zero-order valence-corrected chi connectivity index (χ0v) is 9.19. The van der Waals surface area contributed by atoms with Gasteiger partial charge < -0.3 is 14.6 Å². The second-order valence-electron chi connectivity index (χ2n) is 3.26. The summed E-state index contributed by atoms with van der Waals surface area (Å²) in [6.45, 7) is 0. The predicted octanol–water partition coefficient (Wildman–Crippen LogP) is 0.644. The van der Waals surface area contributed by atoms with Gasteiger partial charge in [-0.2, -0.15) is 0 Å². The quantitative estimate of drug-likeness (QED) is 0.501. The molecule has 0 aromatic rings. The van der Waals surface area contributed by atoms with E-state index in [1.54, 1.807) is 0 Å². The van der Waals surface area contributed by atoms with Gasteiger partial charge >= 0.3 is 11.9 Å². The normalized spacial score (nSPS) is 11.9. The van der Waals surface area contributed by atoms with E-state index in [0.717, 1.165) is 0 Å². The lowest BCUT2D eigenvalue weighted by Crippen LogP contribution is -2.14. The molecule has 0 rings (SSSR count). The molecule has 0 saturated carbocycles. The van der Waals surface area contributed by atoms with Crippen molar-refractivity contribution >= 4 is 11.9 Å². The van der Waals surface area contributed by atoms with Crippen LogP contribution in [-0.2, 0) is 19.1 Å². The van der Waals surface area contributed by atoms with Crippen LogP contribution in [0.3, 0.4) is 0 Å². The molecule has 15 heavy (non-hydrogen) atoms. The highest BCUT2D eigenvalue weighted by molar-refractivity contribution is 5.69. The lowest BCUT2D eigenvalue weighted by atomic mass is 10.1. The Kier molecular flexibility index (Phi) is 7.62. The van der Waals surface area contributed by atoms with Gasteiger partial charge in [-0.05, 0) is 12.8 Å². The number of carbonyl (C=O) groups excluding carboxylic acids is 2. The molecule has 0 aliphatic rings. The number of esters is 2. The van der Waals surface area contributed by atoms with Gasteiger partial charge in [-0.1, -0.05) is 6.42 Å². The molecule has 0 aliphatic heterocycles. The Morgan fingerprint density at radius 3 is 2.27 bits per heavy atom. The van der Waals surface area contributed by atoms with Crippen LogP contribution in [0.2, 0.25) is 0 Å². The van der Waals surface area contributed by atoms with Crippen molar-refractivity contribution < 1.29 is 24.2 Å². The Morgan fingerprint density at radius 1 is 1.13 bits per heavy atom. The number of unbranched alkanes of at least 4 members (excludes halogenated alkanes) is 1. The molecule has 0 spiro atoms. The number of hydrogen-bond donors (Lipinski definition) is 1. The predicted molar refractivity (Wildman–Crippen MR) is 53.1 cm³/mol. The number of rotatable bonds is 7. The molecule has 0 heterocycles.